The fourth-order valence-electron chi connectivity index (χ4n) is 3.31. The van der Waals surface area contributed by atoms with Crippen LogP contribution in [0.5, 0.6) is 5.75 Å². The lowest BCUT2D eigenvalue weighted by Gasteiger charge is -2.22. The van der Waals surface area contributed by atoms with E-state index in [2.05, 4.69) is 0 Å². The van der Waals surface area contributed by atoms with Crippen LogP contribution in [0, 0.1) is 0 Å². The highest BCUT2D eigenvalue weighted by molar-refractivity contribution is 5.97. The summed E-state index contributed by atoms with van der Waals surface area (Å²) in [5, 5.41) is -0.0812. The molecule has 1 saturated heterocycles. The average molecular weight is 415 g/mol. The zero-order valence-corrected chi connectivity index (χ0v) is 16.4. The van der Waals surface area contributed by atoms with Crippen molar-refractivity contribution in [1.29, 1.82) is 0 Å². The molecular formula is C20H24F3NO5. The van der Waals surface area contributed by atoms with Crippen LogP contribution in [-0.4, -0.2) is 43.3 Å². The Morgan fingerprint density at radius 3 is 2.69 bits per heavy atom. The van der Waals surface area contributed by atoms with E-state index in [4.69, 9.17) is 18.9 Å². The molecule has 1 atom stereocenters. The fraction of sp³-hybridized carbons (Fsp3) is 0.550. The average Bonchev–Trinajstić information content (AvgIpc) is 3.02. The molecule has 0 aliphatic carbocycles. The van der Waals surface area contributed by atoms with Crippen molar-refractivity contribution in [2.75, 3.05) is 26.4 Å². The van der Waals surface area contributed by atoms with E-state index < -0.39 is 17.7 Å². The number of ether oxygens (including phenoxy) is 4. The first-order chi connectivity index (χ1) is 13.8. The minimum Gasteiger partial charge on any atom is -0.491 e. The number of aryl methyl sites for hydroxylation is 1. The number of aromatic nitrogens is 1. The maximum atomic E-state index is 13.6. The first-order valence-electron chi connectivity index (χ1n) is 9.55. The van der Waals surface area contributed by atoms with Gasteiger partial charge in [0.25, 0.3) is 0 Å². The Morgan fingerprint density at radius 1 is 1.24 bits per heavy atom. The second kappa shape index (κ2) is 9.04. The van der Waals surface area contributed by atoms with Crippen molar-refractivity contribution < 1.29 is 36.9 Å². The maximum absolute atomic E-state index is 13.6. The van der Waals surface area contributed by atoms with Gasteiger partial charge in [-0.05, 0) is 38.3 Å². The van der Waals surface area contributed by atoms with Crippen molar-refractivity contribution in [2.45, 2.75) is 38.7 Å². The zero-order chi connectivity index (χ0) is 21.0. The van der Waals surface area contributed by atoms with Gasteiger partial charge in [-0.15, -0.1) is 0 Å². The minimum atomic E-state index is -4.60. The summed E-state index contributed by atoms with van der Waals surface area (Å²) in [6.45, 7) is 2.69. The van der Waals surface area contributed by atoms with Gasteiger partial charge in [-0.1, -0.05) is 0 Å². The Kier molecular flexibility index (Phi) is 6.69. The molecule has 0 N–H and O–H groups in total. The van der Waals surface area contributed by atoms with Gasteiger partial charge in [0.05, 0.1) is 24.3 Å². The SMILES string of the molecule is CCOC(=O)c1cc2c(C(F)(F)F)cc(OCCOC3CCCCO3)cc2n1C. The number of alkyl halides is 3. The van der Waals surface area contributed by atoms with Gasteiger partial charge in [-0.25, -0.2) is 4.79 Å². The Balaban J connectivity index is 1.80. The van der Waals surface area contributed by atoms with E-state index in [0.29, 0.717) is 6.61 Å². The van der Waals surface area contributed by atoms with Crippen LogP contribution >= 0.6 is 0 Å². The third kappa shape index (κ3) is 5.02. The molecule has 1 aromatic heterocycles. The fourth-order valence-corrected chi connectivity index (χ4v) is 3.31. The third-order valence-electron chi connectivity index (χ3n) is 4.72. The van der Waals surface area contributed by atoms with Gasteiger partial charge in [0, 0.05) is 25.1 Å². The molecule has 1 aliphatic rings. The van der Waals surface area contributed by atoms with Crippen LogP contribution in [0.3, 0.4) is 0 Å². The lowest BCUT2D eigenvalue weighted by molar-refractivity contribution is -0.165. The van der Waals surface area contributed by atoms with Gasteiger partial charge in [-0.2, -0.15) is 13.2 Å². The highest BCUT2D eigenvalue weighted by Gasteiger charge is 2.35. The van der Waals surface area contributed by atoms with Crippen LogP contribution in [0.1, 0.15) is 42.2 Å². The number of hydrogen-bond donors (Lipinski definition) is 0. The Labute approximate surface area is 166 Å². The molecule has 160 valence electrons. The van der Waals surface area contributed by atoms with Gasteiger partial charge in [-0.3, -0.25) is 0 Å². The lowest BCUT2D eigenvalue weighted by Crippen LogP contribution is -2.24. The summed E-state index contributed by atoms with van der Waals surface area (Å²) >= 11 is 0. The van der Waals surface area contributed by atoms with Gasteiger partial charge in [0.1, 0.15) is 18.1 Å². The lowest BCUT2D eigenvalue weighted by atomic mass is 10.1. The summed E-state index contributed by atoms with van der Waals surface area (Å²) < 4.78 is 63.6. The van der Waals surface area contributed by atoms with Crippen molar-refractivity contribution in [1.82, 2.24) is 4.57 Å². The van der Waals surface area contributed by atoms with Crippen molar-refractivity contribution >= 4 is 16.9 Å². The summed E-state index contributed by atoms with van der Waals surface area (Å²) in [6, 6.07) is 3.61. The van der Waals surface area contributed by atoms with Crippen molar-refractivity contribution in [2.24, 2.45) is 7.05 Å². The molecule has 1 aliphatic heterocycles. The first-order valence-corrected chi connectivity index (χ1v) is 9.55. The van der Waals surface area contributed by atoms with Gasteiger partial charge in [0.2, 0.25) is 0 Å². The Morgan fingerprint density at radius 2 is 2.03 bits per heavy atom. The molecule has 0 radical (unpaired) electrons. The summed E-state index contributed by atoms with van der Waals surface area (Å²) in [5.74, 6) is -0.628. The van der Waals surface area contributed by atoms with E-state index in [1.54, 1.807) is 6.92 Å². The second-order valence-corrected chi connectivity index (χ2v) is 6.73. The van der Waals surface area contributed by atoms with Crippen LogP contribution < -0.4 is 4.74 Å². The monoisotopic (exact) mass is 415 g/mol. The molecule has 0 saturated carbocycles. The highest BCUT2D eigenvalue weighted by atomic mass is 19.4. The molecule has 3 rings (SSSR count). The van der Waals surface area contributed by atoms with Crippen molar-refractivity contribution in [3.05, 3.63) is 29.5 Å². The molecule has 1 unspecified atom stereocenters. The van der Waals surface area contributed by atoms with Crippen molar-refractivity contribution in [3.8, 4) is 5.75 Å². The molecule has 0 spiro atoms. The summed E-state index contributed by atoms with van der Waals surface area (Å²) in [6.07, 6.45) is -2.07. The zero-order valence-electron chi connectivity index (χ0n) is 16.4. The van der Waals surface area contributed by atoms with E-state index in [-0.39, 0.29) is 48.5 Å². The van der Waals surface area contributed by atoms with E-state index in [0.717, 1.165) is 25.3 Å². The molecule has 0 bridgehead atoms. The van der Waals surface area contributed by atoms with Crippen LogP contribution in [0.15, 0.2) is 18.2 Å². The number of rotatable bonds is 7. The summed E-state index contributed by atoms with van der Waals surface area (Å²) in [7, 11) is 1.52. The molecule has 1 fully saturated rings. The summed E-state index contributed by atoms with van der Waals surface area (Å²) in [4.78, 5) is 12.1. The molecule has 0 amide bonds. The maximum Gasteiger partial charge on any atom is 0.417 e. The van der Waals surface area contributed by atoms with Gasteiger partial charge < -0.3 is 23.5 Å². The van der Waals surface area contributed by atoms with Crippen molar-refractivity contribution in [3.63, 3.8) is 0 Å². The number of carbonyl (C=O) groups is 1. The predicted octanol–water partition coefficient (Wildman–Crippen LogP) is 4.30. The Hall–Kier alpha value is -2.26. The van der Waals surface area contributed by atoms with E-state index >= 15 is 0 Å². The minimum absolute atomic E-state index is 0.0438. The van der Waals surface area contributed by atoms with Crippen LogP contribution in [0.2, 0.25) is 0 Å². The number of benzene rings is 1. The quantitative estimate of drug-likeness (QED) is 0.499. The predicted molar refractivity (Wildman–Crippen MR) is 98.9 cm³/mol. The molecule has 9 heteroatoms. The van der Waals surface area contributed by atoms with Gasteiger partial charge >= 0.3 is 12.1 Å². The third-order valence-corrected chi connectivity index (χ3v) is 4.72. The van der Waals surface area contributed by atoms with Crippen LogP contribution in [0.4, 0.5) is 13.2 Å². The number of nitrogens with zero attached hydrogens (tertiary/aromatic N) is 1. The first kappa shape index (κ1) is 21.4. The largest absolute Gasteiger partial charge is 0.491 e. The topological polar surface area (TPSA) is 58.9 Å². The van der Waals surface area contributed by atoms with E-state index in [1.807, 2.05) is 0 Å². The number of esters is 1. The van der Waals surface area contributed by atoms with Crippen LogP contribution in [-0.2, 0) is 27.4 Å². The summed E-state index contributed by atoms with van der Waals surface area (Å²) in [5.41, 5.74) is -0.593. The molecule has 6 nitrogen and oxygen atoms in total. The van der Waals surface area contributed by atoms with Crippen LogP contribution in [0.25, 0.3) is 10.9 Å². The molecular weight excluding hydrogens is 391 g/mol. The highest BCUT2D eigenvalue weighted by Crippen LogP contribution is 2.39. The molecule has 1 aromatic carbocycles. The normalized spacial score (nSPS) is 17.5. The molecule has 29 heavy (non-hydrogen) atoms. The number of halogens is 3. The molecule has 2 heterocycles. The number of fused-ring (bicyclic) bond motifs is 1. The standard InChI is InChI=1S/C20H24F3NO5/c1-3-26-19(25)17-12-14-15(20(21,22)23)10-13(11-16(14)24(17)2)27-8-9-29-18-6-4-5-7-28-18/h10-12,18H,3-9H2,1-2H3. The van der Waals surface area contributed by atoms with E-state index in [1.165, 1.54) is 23.7 Å². The smallest absolute Gasteiger partial charge is 0.417 e. The Bertz CT molecular complexity index is 856. The second-order valence-electron chi connectivity index (χ2n) is 6.73. The molecule has 2 aromatic rings. The van der Waals surface area contributed by atoms with Gasteiger partial charge in [0.15, 0.2) is 6.29 Å². The van der Waals surface area contributed by atoms with E-state index in [9.17, 15) is 18.0 Å². The number of carbonyl (C=O) groups excluding carboxylic acids is 1. The number of hydrogen-bond acceptors (Lipinski definition) is 5.